The summed E-state index contributed by atoms with van der Waals surface area (Å²) in [5.41, 5.74) is 0.603. The van der Waals surface area contributed by atoms with Crippen molar-refractivity contribution in [1.29, 1.82) is 5.26 Å². The highest BCUT2D eigenvalue weighted by molar-refractivity contribution is 6.34. The van der Waals surface area contributed by atoms with E-state index in [9.17, 15) is 4.79 Å². The molecule has 108 valence electrons. The molecular formula is C14H14ClN5O. The van der Waals surface area contributed by atoms with Crippen LogP contribution in [-0.4, -0.2) is 21.1 Å². The number of anilines is 1. The van der Waals surface area contributed by atoms with Crippen LogP contribution in [0.25, 0.3) is 0 Å². The topological polar surface area (TPSA) is 94.5 Å². The molecule has 0 radical (unpaired) electrons. The van der Waals surface area contributed by atoms with Crippen LogP contribution in [-0.2, 0) is 5.41 Å². The Hall–Kier alpha value is -2.39. The number of nitrogens with one attached hydrogen (secondary N) is 2. The number of aromatic nitrogens is 3. The first kappa shape index (κ1) is 15.0. The number of aromatic amines is 1. The fourth-order valence-electron chi connectivity index (χ4n) is 1.56. The molecule has 1 heterocycles. The molecule has 0 aliphatic rings. The van der Waals surface area contributed by atoms with Crippen molar-refractivity contribution < 1.29 is 4.79 Å². The number of amides is 1. The summed E-state index contributed by atoms with van der Waals surface area (Å²) < 4.78 is 0. The Balaban J connectivity index is 2.19. The van der Waals surface area contributed by atoms with E-state index in [1.807, 2.05) is 26.8 Å². The predicted molar refractivity (Wildman–Crippen MR) is 79.2 cm³/mol. The molecule has 0 spiro atoms. The highest BCUT2D eigenvalue weighted by Crippen LogP contribution is 2.23. The van der Waals surface area contributed by atoms with Gasteiger partial charge in [-0.2, -0.15) is 5.26 Å². The zero-order valence-electron chi connectivity index (χ0n) is 11.9. The van der Waals surface area contributed by atoms with Gasteiger partial charge in [-0.05, 0) is 18.2 Å². The molecule has 0 saturated heterocycles. The normalized spacial score (nSPS) is 11.0. The molecule has 1 amide bonds. The van der Waals surface area contributed by atoms with Crippen LogP contribution in [0.5, 0.6) is 0 Å². The summed E-state index contributed by atoms with van der Waals surface area (Å²) in [5.74, 6) is 0.201. The number of rotatable bonds is 2. The van der Waals surface area contributed by atoms with Crippen LogP contribution >= 0.6 is 11.6 Å². The number of benzene rings is 1. The van der Waals surface area contributed by atoms with Crippen LogP contribution in [0.1, 0.15) is 42.8 Å². The van der Waals surface area contributed by atoms with Gasteiger partial charge in [0.25, 0.3) is 5.91 Å². The fourth-order valence-corrected chi connectivity index (χ4v) is 1.79. The SMILES string of the molecule is CC(C)(C)c1nc(C(=O)Nc2ccc(C#N)cc2Cl)n[nH]1. The maximum Gasteiger partial charge on any atom is 0.295 e. The van der Waals surface area contributed by atoms with E-state index in [0.29, 0.717) is 17.1 Å². The van der Waals surface area contributed by atoms with Gasteiger partial charge in [0.2, 0.25) is 5.82 Å². The van der Waals surface area contributed by atoms with Gasteiger partial charge < -0.3 is 5.32 Å². The van der Waals surface area contributed by atoms with E-state index in [2.05, 4.69) is 20.5 Å². The number of nitrogens with zero attached hydrogens (tertiary/aromatic N) is 3. The van der Waals surface area contributed by atoms with Gasteiger partial charge >= 0.3 is 0 Å². The minimum absolute atomic E-state index is 0.0420. The number of hydrogen-bond acceptors (Lipinski definition) is 4. The van der Waals surface area contributed by atoms with E-state index in [1.165, 1.54) is 6.07 Å². The van der Waals surface area contributed by atoms with E-state index in [1.54, 1.807) is 12.1 Å². The Morgan fingerprint density at radius 3 is 2.67 bits per heavy atom. The summed E-state index contributed by atoms with van der Waals surface area (Å²) >= 11 is 6.00. The molecule has 1 aromatic carbocycles. The lowest BCUT2D eigenvalue weighted by Gasteiger charge is -2.12. The van der Waals surface area contributed by atoms with Crippen LogP contribution in [0.3, 0.4) is 0 Å². The second-order valence-corrected chi connectivity index (χ2v) is 5.93. The minimum Gasteiger partial charge on any atom is -0.318 e. The first-order valence-corrected chi connectivity index (χ1v) is 6.63. The number of carbonyl (C=O) groups is 1. The largest absolute Gasteiger partial charge is 0.318 e. The number of carbonyl (C=O) groups excluding carboxylic acids is 1. The highest BCUT2D eigenvalue weighted by atomic mass is 35.5. The maximum absolute atomic E-state index is 12.1. The summed E-state index contributed by atoms with van der Waals surface area (Å²) in [7, 11) is 0. The third-order valence-corrected chi connectivity index (χ3v) is 3.06. The van der Waals surface area contributed by atoms with Crippen molar-refractivity contribution >= 4 is 23.2 Å². The van der Waals surface area contributed by atoms with Crippen molar-refractivity contribution in [2.75, 3.05) is 5.32 Å². The van der Waals surface area contributed by atoms with Gasteiger partial charge in [-0.3, -0.25) is 9.89 Å². The summed E-state index contributed by atoms with van der Waals surface area (Å²) in [4.78, 5) is 16.2. The lowest BCUT2D eigenvalue weighted by Crippen LogP contribution is -2.16. The van der Waals surface area contributed by atoms with Crippen LogP contribution in [0.15, 0.2) is 18.2 Å². The summed E-state index contributed by atoms with van der Waals surface area (Å²) in [5, 5.41) is 18.3. The molecule has 0 aliphatic heterocycles. The summed E-state index contributed by atoms with van der Waals surface area (Å²) in [6, 6.07) is 6.59. The molecule has 6 nitrogen and oxygen atoms in total. The van der Waals surface area contributed by atoms with E-state index in [0.717, 1.165) is 0 Å². The molecule has 2 rings (SSSR count). The minimum atomic E-state index is -0.464. The Kier molecular flexibility index (Phi) is 3.96. The van der Waals surface area contributed by atoms with Gasteiger partial charge in [0, 0.05) is 5.41 Å². The maximum atomic E-state index is 12.1. The fraction of sp³-hybridized carbons (Fsp3) is 0.286. The number of hydrogen-bond donors (Lipinski definition) is 2. The van der Waals surface area contributed by atoms with Gasteiger partial charge in [0.05, 0.1) is 22.3 Å². The molecule has 0 aliphatic carbocycles. The van der Waals surface area contributed by atoms with Crippen molar-refractivity contribution in [2.24, 2.45) is 0 Å². The smallest absolute Gasteiger partial charge is 0.295 e. The van der Waals surface area contributed by atoms with Crippen LogP contribution in [0.2, 0.25) is 5.02 Å². The van der Waals surface area contributed by atoms with Crippen molar-refractivity contribution in [1.82, 2.24) is 15.2 Å². The molecule has 21 heavy (non-hydrogen) atoms. The van der Waals surface area contributed by atoms with E-state index in [4.69, 9.17) is 16.9 Å². The van der Waals surface area contributed by atoms with Gasteiger partial charge in [-0.25, -0.2) is 4.98 Å². The number of H-pyrrole nitrogens is 1. The van der Waals surface area contributed by atoms with Crippen LogP contribution < -0.4 is 5.32 Å². The number of nitriles is 1. The van der Waals surface area contributed by atoms with Gasteiger partial charge in [-0.15, -0.1) is 5.10 Å². The van der Waals surface area contributed by atoms with E-state index >= 15 is 0 Å². The molecule has 2 N–H and O–H groups in total. The standard InChI is InChI=1S/C14H14ClN5O/c1-14(2,3)13-18-11(19-20-13)12(21)17-10-5-4-8(7-16)6-9(10)15/h4-6H,1-3H3,(H,17,21)(H,18,19,20). The zero-order valence-corrected chi connectivity index (χ0v) is 12.6. The molecule has 0 atom stereocenters. The van der Waals surface area contributed by atoms with Gasteiger partial charge in [0.15, 0.2) is 0 Å². The predicted octanol–water partition coefficient (Wildman–Crippen LogP) is 2.88. The average molecular weight is 304 g/mol. The Morgan fingerprint density at radius 2 is 2.14 bits per heavy atom. The van der Waals surface area contributed by atoms with Crippen molar-refractivity contribution in [3.8, 4) is 6.07 Å². The molecule has 7 heteroatoms. The van der Waals surface area contributed by atoms with Crippen molar-refractivity contribution in [2.45, 2.75) is 26.2 Å². The van der Waals surface area contributed by atoms with Crippen LogP contribution in [0, 0.1) is 11.3 Å². The zero-order chi connectivity index (χ0) is 15.6. The lowest BCUT2D eigenvalue weighted by atomic mass is 9.96. The van der Waals surface area contributed by atoms with Crippen molar-refractivity contribution in [3.63, 3.8) is 0 Å². The molecule has 0 unspecified atom stereocenters. The molecule has 0 fully saturated rings. The van der Waals surface area contributed by atoms with Crippen molar-refractivity contribution in [3.05, 3.63) is 40.4 Å². The average Bonchev–Trinajstić information content (AvgIpc) is 2.90. The van der Waals surface area contributed by atoms with Gasteiger partial charge in [0.1, 0.15) is 5.82 Å². The molecule has 0 bridgehead atoms. The van der Waals surface area contributed by atoms with E-state index in [-0.39, 0.29) is 16.3 Å². The second-order valence-electron chi connectivity index (χ2n) is 5.52. The molecular weight excluding hydrogens is 290 g/mol. The highest BCUT2D eigenvalue weighted by Gasteiger charge is 2.21. The quantitative estimate of drug-likeness (QED) is 0.891. The lowest BCUT2D eigenvalue weighted by molar-refractivity contribution is 0.101. The molecule has 0 saturated carbocycles. The third-order valence-electron chi connectivity index (χ3n) is 2.75. The van der Waals surface area contributed by atoms with Gasteiger partial charge in [-0.1, -0.05) is 32.4 Å². The Labute approximate surface area is 127 Å². The number of halogens is 1. The first-order chi connectivity index (χ1) is 9.81. The monoisotopic (exact) mass is 303 g/mol. The molecule has 2 aromatic rings. The summed E-state index contributed by atoms with van der Waals surface area (Å²) in [6.07, 6.45) is 0. The second kappa shape index (κ2) is 5.54. The summed E-state index contributed by atoms with van der Waals surface area (Å²) in [6.45, 7) is 5.89. The Morgan fingerprint density at radius 1 is 1.43 bits per heavy atom. The van der Waals surface area contributed by atoms with Crippen LogP contribution in [0.4, 0.5) is 5.69 Å². The first-order valence-electron chi connectivity index (χ1n) is 6.25. The van der Waals surface area contributed by atoms with E-state index < -0.39 is 5.91 Å². The Bertz CT molecular complexity index is 724. The third kappa shape index (κ3) is 3.38. The molecule has 1 aromatic heterocycles.